The van der Waals surface area contributed by atoms with Crippen LogP contribution in [0.25, 0.3) is 0 Å². The van der Waals surface area contributed by atoms with Crippen molar-refractivity contribution in [3.8, 4) is 0 Å². The lowest BCUT2D eigenvalue weighted by Gasteiger charge is -2.24. The molecule has 1 amide bonds. The fourth-order valence-corrected chi connectivity index (χ4v) is 1.94. The van der Waals surface area contributed by atoms with E-state index in [1.54, 1.807) is 11.7 Å². The van der Waals surface area contributed by atoms with Gasteiger partial charge in [0.1, 0.15) is 5.60 Å². The maximum atomic E-state index is 11.9. The average molecular weight is 378 g/mol. The molecule has 1 heterocycles. The third-order valence-electron chi connectivity index (χ3n) is 2.35. The van der Waals surface area contributed by atoms with Crippen molar-refractivity contribution in [1.29, 1.82) is 0 Å². The molecule has 6 heteroatoms. The molecule has 0 aromatic carbocycles. The second kappa shape index (κ2) is 10.6. The van der Waals surface area contributed by atoms with E-state index in [4.69, 9.17) is 4.74 Å². The first kappa shape index (κ1) is 23.2. The van der Waals surface area contributed by atoms with E-state index < -0.39 is 5.60 Å². The molecule has 22 heavy (non-hydrogen) atoms. The van der Waals surface area contributed by atoms with Gasteiger partial charge in [-0.15, -0.1) is 0 Å². The van der Waals surface area contributed by atoms with Gasteiger partial charge in [-0.1, -0.05) is 27.7 Å². The zero-order chi connectivity index (χ0) is 18.1. The molecule has 0 bridgehead atoms. The molecular weight excluding hydrogens is 346 g/mol. The maximum Gasteiger partial charge on any atom is 0.410 e. The summed E-state index contributed by atoms with van der Waals surface area (Å²) in [5, 5.41) is 4.29. The third-order valence-corrected chi connectivity index (χ3v) is 3.39. The summed E-state index contributed by atoms with van der Waals surface area (Å²) in [4.78, 5) is 13.4. The van der Waals surface area contributed by atoms with Crippen LogP contribution in [-0.4, -0.2) is 33.4 Å². The summed E-state index contributed by atoms with van der Waals surface area (Å²) in [7, 11) is 3.57. The van der Waals surface area contributed by atoms with Crippen molar-refractivity contribution in [2.45, 2.75) is 67.5 Å². The molecule has 5 nitrogen and oxygen atoms in total. The number of halogens is 1. The highest BCUT2D eigenvalue weighted by atomic mass is 79.9. The number of aromatic nitrogens is 2. The molecule has 0 aliphatic carbocycles. The van der Waals surface area contributed by atoms with E-state index in [1.807, 2.05) is 62.4 Å². The van der Waals surface area contributed by atoms with E-state index in [2.05, 4.69) is 21.0 Å². The van der Waals surface area contributed by atoms with Gasteiger partial charge in [-0.05, 0) is 43.6 Å². The van der Waals surface area contributed by atoms with E-state index in [9.17, 15) is 4.79 Å². The number of carbonyl (C=O) groups is 1. The highest BCUT2D eigenvalue weighted by Gasteiger charge is 2.21. The standard InChI is InChI=1S/C12H20BrN3O2.2C2H6/c1-8-10(13)9(16(6)14-8)7-15(5)11(17)18-12(2,3)4;2*1-2/h7H2,1-6H3;2*1-2H3. The number of hydrogen-bond donors (Lipinski definition) is 0. The second-order valence-corrected chi connectivity index (χ2v) is 6.10. The molecule has 0 spiro atoms. The summed E-state index contributed by atoms with van der Waals surface area (Å²) in [6, 6.07) is 0. The number of hydrogen-bond acceptors (Lipinski definition) is 3. The summed E-state index contributed by atoms with van der Waals surface area (Å²) in [5.41, 5.74) is 1.37. The molecule has 0 aliphatic heterocycles. The number of ether oxygens (including phenoxy) is 1. The molecule has 1 aromatic rings. The highest BCUT2D eigenvalue weighted by Crippen LogP contribution is 2.21. The molecule has 0 radical (unpaired) electrons. The molecule has 0 atom stereocenters. The molecule has 0 saturated heterocycles. The second-order valence-electron chi connectivity index (χ2n) is 5.31. The van der Waals surface area contributed by atoms with E-state index in [0.717, 1.165) is 15.9 Å². The summed E-state index contributed by atoms with van der Waals surface area (Å²) < 4.78 is 8.00. The smallest absolute Gasteiger partial charge is 0.410 e. The number of aryl methyl sites for hydroxylation is 2. The van der Waals surface area contributed by atoms with Crippen LogP contribution in [0.4, 0.5) is 4.79 Å². The molecule has 1 aromatic heterocycles. The van der Waals surface area contributed by atoms with Crippen molar-refractivity contribution < 1.29 is 9.53 Å². The summed E-state index contributed by atoms with van der Waals surface area (Å²) in [5.74, 6) is 0. The van der Waals surface area contributed by atoms with Crippen molar-refractivity contribution in [1.82, 2.24) is 14.7 Å². The molecular formula is C16H32BrN3O2. The Kier molecular flexibility index (Phi) is 11.2. The van der Waals surface area contributed by atoms with Crippen LogP contribution in [0.2, 0.25) is 0 Å². The zero-order valence-electron chi connectivity index (χ0n) is 15.7. The molecule has 1 rings (SSSR count). The van der Waals surface area contributed by atoms with Crippen LogP contribution >= 0.6 is 15.9 Å². The van der Waals surface area contributed by atoms with Gasteiger partial charge in [0.05, 0.1) is 22.4 Å². The minimum Gasteiger partial charge on any atom is -0.444 e. The van der Waals surface area contributed by atoms with Gasteiger partial charge < -0.3 is 9.64 Å². The Morgan fingerprint density at radius 2 is 1.73 bits per heavy atom. The summed E-state index contributed by atoms with van der Waals surface area (Å²) >= 11 is 3.48. The minimum absolute atomic E-state index is 0.340. The molecule has 0 fully saturated rings. The van der Waals surface area contributed by atoms with E-state index in [-0.39, 0.29) is 6.09 Å². The van der Waals surface area contributed by atoms with E-state index in [1.165, 1.54) is 4.90 Å². The Hall–Kier alpha value is -1.04. The fourth-order valence-electron chi connectivity index (χ4n) is 1.48. The Morgan fingerprint density at radius 1 is 1.27 bits per heavy atom. The third kappa shape index (κ3) is 7.82. The van der Waals surface area contributed by atoms with Gasteiger partial charge in [0.25, 0.3) is 0 Å². The van der Waals surface area contributed by atoms with Gasteiger partial charge in [0.15, 0.2) is 0 Å². The largest absolute Gasteiger partial charge is 0.444 e. The van der Waals surface area contributed by atoms with Crippen LogP contribution < -0.4 is 0 Å². The number of rotatable bonds is 2. The first-order valence-corrected chi connectivity index (χ1v) is 8.53. The van der Waals surface area contributed by atoms with Crippen molar-refractivity contribution in [2.75, 3.05) is 7.05 Å². The number of carbonyl (C=O) groups excluding carboxylic acids is 1. The fraction of sp³-hybridized carbons (Fsp3) is 0.750. The van der Waals surface area contributed by atoms with Crippen LogP contribution in [0.15, 0.2) is 4.47 Å². The Balaban J connectivity index is 0. The molecule has 0 aliphatic rings. The Labute approximate surface area is 144 Å². The van der Waals surface area contributed by atoms with Gasteiger partial charge >= 0.3 is 6.09 Å². The average Bonchev–Trinajstić information content (AvgIpc) is 2.68. The van der Waals surface area contributed by atoms with Crippen molar-refractivity contribution in [3.05, 3.63) is 15.9 Å². The monoisotopic (exact) mass is 377 g/mol. The van der Waals surface area contributed by atoms with Gasteiger partial charge in [-0.25, -0.2) is 4.79 Å². The summed E-state index contributed by atoms with van der Waals surface area (Å²) in [6.07, 6.45) is -0.340. The van der Waals surface area contributed by atoms with Crippen LogP contribution in [-0.2, 0) is 18.3 Å². The Morgan fingerprint density at radius 3 is 2.05 bits per heavy atom. The first-order chi connectivity index (χ1) is 10.1. The SMILES string of the molecule is CC.CC.Cc1nn(C)c(CN(C)C(=O)OC(C)(C)C)c1Br. The Bertz CT molecular complexity index is 451. The number of amides is 1. The van der Waals surface area contributed by atoms with Gasteiger partial charge in [-0.2, -0.15) is 5.10 Å². The predicted octanol–water partition coefficient (Wildman–Crippen LogP) is 4.91. The topological polar surface area (TPSA) is 47.4 Å². The molecule has 0 saturated carbocycles. The van der Waals surface area contributed by atoms with Gasteiger partial charge in [-0.3, -0.25) is 4.68 Å². The molecule has 0 N–H and O–H groups in total. The lowest BCUT2D eigenvalue weighted by atomic mass is 10.2. The summed E-state index contributed by atoms with van der Waals surface area (Å²) in [6.45, 7) is 15.9. The minimum atomic E-state index is -0.481. The van der Waals surface area contributed by atoms with E-state index in [0.29, 0.717) is 6.54 Å². The van der Waals surface area contributed by atoms with Gasteiger partial charge in [0, 0.05) is 14.1 Å². The number of nitrogens with zero attached hydrogens (tertiary/aromatic N) is 3. The quantitative estimate of drug-likeness (QED) is 0.735. The van der Waals surface area contributed by atoms with Crippen LogP contribution in [0.1, 0.15) is 59.9 Å². The van der Waals surface area contributed by atoms with Crippen LogP contribution in [0.3, 0.4) is 0 Å². The first-order valence-electron chi connectivity index (χ1n) is 7.74. The lowest BCUT2D eigenvalue weighted by Crippen LogP contribution is -2.34. The highest BCUT2D eigenvalue weighted by molar-refractivity contribution is 9.10. The molecule has 0 unspecified atom stereocenters. The van der Waals surface area contributed by atoms with Crippen LogP contribution in [0.5, 0.6) is 0 Å². The maximum absolute atomic E-state index is 11.9. The predicted molar refractivity (Wildman–Crippen MR) is 96.0 cm³/mol. The van der Waals surface area contributed by atoms with Crippen LogP contribution in [0, 0.1) is 6.92 Å². The zero-order valence-corrected chi connectivity index (χ0v) is 17.3. The molecule has 130 valence electrons. The normalized spacial score (nSPS) is 9.95. The van der Waals surface area contributed by atoms with Gasteiger partial charge in [0.2, 0.25) is 0 Å². The van der Waals surface area contributed by atoms with Crippen molar-refractivity contribution in [3.63, 3.8) is 0 Å². The van der Waals surface area contributed by atoms with Crippen molar-refractivity contribution >= 4 is 22.0 Å². The van der Waals surface area contributed by atoms with Crippen molar-refractivity contribution in [2.24, 2.45) is 7.05 Å². The lowest BCUT2D eigenvalue weighted by molar-refractivity contribution is 0.0281. The van der Waals surface area contributed by atoms with E-state index >= 15 is 0 Å².